The van der Waals surface area contributed by atoms with Gasteiger partial charge in [0.05, 0.1) is 11.4 Å². The van der Waals surface area contributed by atoms with Gasteiger partial charge >= 0.3 is 0 Å². The number of nitrogens with zero attached hydrogens (tertiary/aromatic N) is 3. The molecule has 0 atom stereocenters. The molecular formula is C17H16F2N4. The van der Waals surface area contributed by atoms with E-state index >= 15 is 0 Å². The fraction of sp³-hybridized carbons (Fsp3) is 0.176. The standard InChI is InChI=1S/C17H16F2N4/c1-10-4-3-5-16(11(10)2)23-17(15(9-20)21-22-23)12-6-7-13(18)14(19)8-12/h3-8H,9,20H2,1-2H3. The van der Waals surface area contributed by atoms with Gasteiger partial charge in [0.1, 0.15) is 5.69 Å². The van der Waals surface area contributed by atoms with Gasteiger partial charge in [0, 0.05) is 12.1 Å². The minimum Gasteiger partial charge on any atom is -0.325 e. The minimum absolute atomic E-state index is 0.152. The number of rotatable bonds is 3. The molecule has 0 aliphatic heterocycles. The van der Waals surface area contributed by atoms with Crippen LogP contribution in [0.25, 0.3) is 16.9 Å². The monoisotopic (exact) mass is 314 g/mol. The molecule has 0 aliphatic rings. The number of nitrogens with two attached hydrogens (primary N) is 1. The van der Waals surface area contributed by atoms with Crippen molar-refractivity contribution in [2.24, 2.45) is 5.73 Å². The van der Waals surface area contributed by atoms with Gasteiger partial charge in [0.2, 0.25) is 0 Å². The van der Waals surface area contributed by atoms with Crippen molar-refractivity contribution in [2.75, 3.05) is 0 Å². The minimum atomic E-state index is -0.917. The molecule has 4 nitrogen and oxygen atoms in total. The quantitative estimate of drug-likeness (QED) is 0.807. The lowest BCUT2D eigenvalue weighted by molar-refractivity contribution is 0.509. The van der Waals surface area contributed by atoms with E-state index in [1.165, 1.54) is 6.07 Å². The van der Waals surface area contributed by atoms with E-state index in [0.29, 0.717) is 17.0 Å². The van der Waals surface area contributed by atoms with Crippen molar-refractivity contribution in [1.29, 1.82) is 0 Å². The Bertz CT molecular complexity index is 871. The zero-order chi connectivity index (χ0) is 16.6. The van der Waals surface area contributed by atoms with Gasteiger partial charge in [-0.15, -0.1) is 5.10 Å². The molecule has 0 aliphatic carbocycles. The Morgan fingerprint density at radius 3 is 2.57 bits per heavy atom. The normalized spacial score (nSPS) is 11.0. The first-order chi connectivity index (χ1) is 11.0. The average molecular weight is 314 g/mol. The van der Waals surface area contributed by atoms with Crippen LogP contribution in [0.2, 0.25) is 0 Å². The number of halogens is 2. The first kappa shape index (κ1) is 15.3. The van der Waals surface area contributed by atoms with Crippen molar-refractivity contribution in [3.8, 4) is 16.9 Å². The van der Waals surface area contributed by atoms with Crippen LogP contribution in [-0.4, -0.2) is 15.0 Å². The van der Waals surface area contributed by atoms with Gasteiger partial charge in [-0.2, -0.15) is 0 Å². The Morgan fingerprint density at radius 2 is 1.87 bits per heavy atom. The van der Waals surface area contributed by atoms with Crippen molar-refractivity contribution in [3.63, 3.8) is 0 Å². The number of aryl methyl sites for hydroxylation is 1. The van der Waals surface area contributed by atoms with Crippen LogP contribution in [0.15, 0.2) is 36.4 Å². The smallest absolute Gasteiger partial charge is 0.159 e. The molecule has 1 heterocycles. The lowest BCUT2D eigenvalue weighted by Gasteiger charge is -2.12. The lowest BCUT2D eigenvalue weighted by atomic mass is 10.1. The molecule has 0 bridgehead atoms. The predicted octanol–water partition coefficient (Wildman–Crippen LogP) is 3.29. The third-order valence-corrected chi connectivity index (χ3v) is 3.93. The number of benzene rings is 2. The van der Waals surface area contributed by atoms with Gasteiger partial charge in [-0.1, -0.05) is 17.3 Å². The van der Waals surface area contributed by atoms with E-state index in [2.05, 4.69) is 10.3 Å². The zero-order valence-corrected chi connectivity index (χ0v) is 12.8. The summed E-state index contributed by atoms with van der Waals surface area (Å²) in [5, 5.41) is 8.24. The molecule has 0 fully saturated rings. The Balaban J connectivity index is 2.26. The van der Waals surface area contributed by atoms with Crippen molar-refractivity contribution in [3.05, 3.63) is 64.9 Å². The highest BCUT2D eigenvalue weighted by Gasteiger charge is 2.18. The average Bonchev–Trinajstić information content (AvgIpc) is 2.96. The van der Waals surface area contributed by atoms with Crippen LogP contribution < -0.4 is 5.73 Å². The molecule has 2 N–H and O–H groups in total. The molecule has 3 rings (SSSR count). The maximum Gasteiger partial charge on any atom is 0.159 e. The van der Waals surface area contributed by atoms with E-state index in [1.54, 1.807) is 4.68 Å². The fourth-order valence-electron chi connectivity index (χ4n) is 2.52. The molecule has 118 valence electrons. The van der Waals surface area contributed by atoms with E-state index in [9.17, 15) is 8.78 Å². The molecule has 3 aromatic rings. The summed E-state index contributed by atoms with van der Waals surface area (Å²) in [6.45, 7) is 4.12. The summed E-state index contributed by atoms with van der Waals surface area (Å²) in [5.74, 6) is -1.81. The van der Waals surface area contributed by atoms with Crippen LogP contribution in [0.4, 0.5) is 8.78 Å². The van der Waals surface area contributed by atoms with Gasteiger partial charge in [-0.3, -0.25) is 0 Å². The number of hydrogen-bond acceptors (Lipinski definition) is 3. The van der Waals surface area contributed by atoms with Crippen LogP contribution in [0, 0.1) is 25.5 Å². The molecule has 23 heavy (non-hydrogen) atoms. The van der Waals surface area contributed by atoms with Crippen LogP contribution >= 0.6 is 0 Å². The fourth-order valence-corrected chi connectivity index (χ4v) is 2.52. The largest absolute Gasteiger partial charge is 0.325 e. The van der Waals surface area contributed by atoms with Gasteiger partial charge in [0.25, 0.3) is 0 Å². The van der Waals surface area contributed by atoms with E-state index < -0.39 is 11.6 Å². The summed E-state index contributed by atoms with van der Waals surface area (Å²) in [6, 6.07) is 9.53. The Morgan fingerprint density at radius 1 is 1.09 bits per heavy atom. The molecule has 0 saturated heterocycles. The van der Waals surface area contributed by atoms with Gasteiger partial charge in [0.15, 0.2) is 11.6 Å². The summed E-state index contributed by atoms with van der Waals surface area (Å²) in [5.41, 5.74) is 10.3. The topological polar surface area (TPSA) is 56.7 Å². The summed E-state index contributed by atoms with van der Waals surface area (Å²) >= 11 is 0. The Kier molecular flexibility index (Phi) is 3.92. The summed E-state index contributed by atoms with van der Waals surface area (Å²) in [4.78, 5) is 0. The van der Waals surface area contributed by atoms with Gasteiger partial charge in [-0.25, -0.2) is 13.5 Å². The molecule has 6 heteroatoms. The van der Waals surface area contributed by atoms with E-state index in [4.69, 9.17) is 5.73 Å². The molecule has 0 saturated carbocycles. The summed E-state index contributed by atoms with van der Waals surface area (Å²) < 4.78 is 28.5. The molecule has 0 radical (unpaired) electrons. The van der Waals surface area contributed by atoms with Crippen LogP contribution in [-0.2, 0) is 6.54 Å². The molecule has 0 spiro atoms. The first-order valence-corrected chi connectivity index (χ1v) is 7.19. The second-order valence-electron chi connectivity index (χ2n) is 5.35. The van der Waals surface area contributed by atoms with E-state index in [0.717, 1.165) is 28.9 Å². The first-order valence-electron chi connectivity index (χ1n) is 7.19. The summed E-state index contributed by atoms with van der Waals surface area (Å²) in [7, 11) is 0. The predicted molar refractivity (Wildman–Crippen MR) is 84.1 cm³/mol. The van der Waals surface area contributed by atoms with Crippen molar-refractivity contribution in [2.45, 2.75) is 20.4 Å². The van der Waals surface area contributed by atoms with Crippen molar-refractivity contribution in [1.82, 2.24) is 15.0 Å². The maximum absolute atomic E-state index is 13.6. The van der Waals surface area contributed by atoms with Crippen LogP contribution in [0.3, 0.4) is 0 Å². The highest BCUT2D eigenvalue weighted by Crippen LogP contribution is 2.28. The van der Waals surface area contributed by atoms with Crippen molar-refractivity contribution < 1.29 is 8.78 Å². The second kappa shape index (κ2) is 5.89. The maximum atomic E-state index is 13.6. The number of aromatic nitrogens is 3. The Labute approximate surface area is 132 Å². The third kappa shape index (κ3) is 2.61. The second-order valence-corrected chi connectivity index (χ2v) is 5.35. The molecule has 0 amide bonds. The molecular weight excluding hydrogens is 298 g/mol. The molecule has 0 unspecified atom stereocenters. The van der Waals surface area contributed by atoms with Crippen LogP contribution in [0.1, 0.15) is 16.8 Å². The third-order valence-electron chi connectivity index (χ3n) is 3.93. The molecule has 2 aromatic carbocycles. The summed E-state index contributed by atoms with van der Waals surface area (Å²) in [6.07, 6.45) is 0. The zero-order valence-electron chi connectivity index (χ0n) is 12.8. The van der Waals surface area contributed by atoms with Gasteiger partial charge in [-0.05, 0) is 49.2 Å². The number of hydrogen-bond donors (Lipinski definition) is 1. The molecule has 1 aromatic heterocycles. The highest BCUT2D eigenvalue weighted by molar-refractivity contribution is 5.65. The van der Waals surface area contributed by atoms with Crippen molar-refractivity contribution >= 4 is 0 Å². The van der Waals surface area contributed by atoms with E-state index in [1.807, 2.05) is 32.0 Å². The highest BCUT2D eigenvalue weighted by atomic mass is 19.2. The van der Waals surface area contributed by atoms with E-state index in [-0.39, 0.29) is 6.54 Å². The lowest BCUT2D eigenvalue weighted by Crippen LogP contribution is -2.05. The SMILES string of the molecule is Cc1cccc(-n2nnc(CN)c2-c2ccc(F)c(F)c2)c1C. The Hall–Kier alpha value is -2.60. The van der Waals surface area contributed by atoms with Gasteiger partial charge < -0.3 is 5.73 Å². The van der Waals surface area contributed by atoms with Crippen LogP contribution in [0.5, 0.6) is 0 Å².